The molecule has 1 aromatic heterocycles. The lowest BCUT2D eigenvalue weighted by atomic mass is 9.88. The van der Waals surface area contributed by atoms with Gasteiger partial charge in [0, 0.05) is 18.7 Å². The Morgan fingerprint density at radius 3 is 2.67 bits per heavy atom. The van der Waals surface area contributed by atoms with E-state index in [1.54, 1.807) is 18.4 Å². The molecular formula is C22H20N2O3. The molecule has 0 bridgehead atoms. The molecule has 1 fully saturated rings. The number of carbonyl (C=O) groups excluding carboxylic acids is 1. The summed E-state index contributed by atoms with van der Waals surface area (Å²) in [5.41, 5.74) is 3.29. The van der Waals surface area contributed by atoms with Gasteiger partial charge in [-0.3, -0.25) is 9.59 Å². The first-order chi connectivity index (χ1) is 13.2. The molecule has 2 aliphatic rings. The second-order valence-electron chi connectivity index (χ2n) is 7.24. The van der Waals surface area contributed by atoms with E-state index in [4.69, 9.17) is 4.42 Å². The lowest BCUT2D eigenvalue weighted by Gasteiger charge is -2.38. The van der Waals surface area contributed by atoms with E-state index in [1.165, 1.54) is 0 Å². The maximum absolute atomic E-state index is 13.1. The van der Waals surface area contributed by atoms with Crippen molar-refractivity contribution in [2.24, 2.45) is 0 Å². The zero-order chi connectivity index (χ0) is 18.4. The molecule has 3 heterocycles. The Hall–Kier alpha value is -3.08. The summed E-state index contributed by atoms with van der Waals surface area (Å²) in [6, 6.07) is 15.1. The maximum atomic E-state index is 13.1. The van der Waals surface area contributed by atoms with E-state index in [1.807, 2.05) is 35.2 Å². The van der Waals surface area contributed by atoms with Crippen LogP contribution in [0, 0.1) is 0 Å². The van der Waals surface area contributed by atoms with Crippen LogP contribution in [-0.4, -0.2) is 17.4 Å². The molecule has 5 heteroatoms. The Kier molecular flexibility index (Phi) is 3.74. The second kappa shape index (κ2) is 6.27. The molecule has 2 aromatic carbocycles. The van der Waals surface area contributed by atoms with Crippen molar-refractivity contribution < 1.29 is 9.21 Å². The molecule has 2 unspecified atom stereocenters. The quantitative estimate of drug-likeness (QED) is 0.750. The number of rotatable bonds is 2. The van der Waals surface area contributed by atoms with Crippen LogP contribution in [0.5, 0.6) is 0 Å². The van der Waals surface area contributed by atoms with Gasteiger partial charge in [0.05, 0.1) is 23.0 Å². The van der Waals surface area contributed by atoms with Gasteiger partial charge in [-0.25, -0.2) is 0 Å². The molecular weight excluding hydrogens is 340 g/mol. The fourth-order valence-electron chi connectivity index (χ4n) is 4.35. The fraction of sp³-hybridized carbons (Fsp3) is 0.273. The Balaban J connectivity index is 1.60. The monoisotopic (exact) mass is 360 g/mol. The standard InChI is InChI=1S/C22H20N2O3/c25-21-10-5-11-24(21)19-12-18(23-17-8-3-1-6-14(17)19)16-13-27-20-9-4-2-7-15(20)22(16)26/h1-4,6-9,13,18-19,23H,5,10-12H2. The topological polar surface area (TPSA) is 62.6 Å². The summed E-state index contributed by atoms with van der Waals surface area (Å²) < 4.78 is 5.73. The summed E-state index contributed by atoms with van der Waals surface area (Å²) in [7, 11) is 0. The highest BCUT2D eigenvalue weighted by Gasteiger charge is 2.36. The number of likely N-dealkylation sites (tertiary alicyclic amines) is 1. The van der Waals surface area contributed by atoms with Crippen LogP contribution < -0.4 is 10.7 Å². The number of fused-ring (bicyclic) bond motifs is 2. The lowest BCUT2D eigenvalue weighted by Crippen LogP contribution is -2.36. The average molecular weight is 360 g/mol. The van der Waals surface area contributed by atoms with Crippen molar-refractivity contribution in [3.8, 4) is 0 Å². The molecule has 5 rings (SSSR count). The Morgan fingerprint density at radius 1 is 1.00 bits per heavy atom. The highest BCUT2D eigenvalue weighted by molar-refractivity contribution is 5.79. The largest absolute Gasteiger partial charge is 0.464 e. The van der Waals surface area contributed by atoms with E-state index in [2.05, 4.69) is 11.4 Å². The molecule has 0 aliphatic carbocycles. The summed E-state index contributed by atoms with van der Waals surface area (Å²) in [5, 5.41) is 4.08. The van der Waals surface area contributed by atoms with E-state index in [0.717, 1.165) is 24.2 Å². The zero-order valence-corrected chi connectivity index (χ0v) is 14.9. The number of benzene rings is 2. The summed E-state index contributed by atoms with van der Waals surface area (Å²) in [4.78, 5) is 27.4. The molecule has 0 saturated carbocycles. The van der Waals surface area contributed by atoms with Crippen molar-refractivity contribution in [1.29, 1.82) is 0 Å². The number of nitrogens with zero attached hydrogens (tertiary/aromatic N) is 1. The van der Waals surface area contributed by atoms with Crippen molar-refractivity contribution in [1.82, 2.24) is 4.90 Å². The van der Waals surface area contributed by atoms with Gasteiger partial charge in [-0.1, -0.05) is 30.3 Å². The average Bonchev–Trinajstić information content (AvgIpc) is 3.13. The minimum absolute atomic E-state index is 0.0137. The summed E-state index contributed by atoms with van der Waals surface area (Å²) >= 11 is 0. The Labute approximate surface area is 156 Å². The number of hydrogen-bond acceptors (Lipinski definition) is 4. The molecule has 1 saturated heterocycles. The Morgan fingerprint density at radius 2 is 1.81 bits per heavy atom. The van der Waals surface area contributed by atoms with Crippen LogP contribution in [0.4, 0.5) is 5.69 Å². The molecule has 136 valence electrons. The molecule has 1 amide bonds. The van der Waals surface area contributed by atoms with Crippen LogP contribution in [0.1, 0.15) is 42.5 Å². The van der Waals surface area contributed by atoms with E-state index >= 15 is 0 Å². The third-order valence-corrected chi connectivity index (χ3v) is 5.68. The number of nitrogens with one attached hydrogen (secondary N) is 1. The highest BCUT2D eigenvalue weighted by Crippen LogP contribution is 2.42. The van der Waals surface area contributed by atoms with Gasteiger partial charge in [-0.15, -0.1) is 0 Å². The molecule has 2 atom stereocenters. The van der Waals surface area contributed by atoms with Gasteiger partial charge in [0.15, 0.2) is 5.43 Å². The number of amides is 1. The minimum atomic E-state index is -0.195. The molecule has 27 heavy (non-hydrogen) atoms. The number of hydrogen-bond donors (Lipinski definition) is 1. The van der Waals surface area contributed by atoms with Crippen LogP contribution in [0.3, 0.4) is 0 Å². The van der Waals surface area contributed by atoms with E-state index < -0.39 is 0 Å². The van der Waals surface area contributed by atoms with Crippen molar-refractivity contribution >= 4 is 22.6 Å². The summed E-state index contributed by atoms with van der Waals surface area (Å²) in [6.45, 7) is 0.775. The number of anilines is 1. The normalized spacial score (nSPS) is 21.9. The predicted molar refractivity (Wildman–Crippen MR) is 104 cm³/mol. The fourth-order valence-corrected chi connectivity index (χ4v) is 4.35. The van der Waals surface area contributed by atoms with Crippen LogP contribution in [0.15, 0.2) is 64.0 Å². The summed E-state index contributed by atoms with van der Waals surface area (Å²) in [6.07, 6.45) is 3.73. The molecule has 5 nitrogen and oxygen atoms in total. The number of para-hydroxylation sites is 2. The third kappa shape index (κ3) is 2.62. The van der Waals surface area contributed by atoms with Gasteiger partial charge in [0.1, 0.15) is 11.8 Å². The SMILES string of the molecule is O=C1CCCN1C1CC(c2coc3ccccc3c2=O)Nc2ccccc21. The van der Waals surface area contributed by atoms with E-state index in [0.29, 0.717) is 29.4 Å². The third-order valence-electron chi connectivity index (χ3n) is 5.68. The first-order valence-corrected chi connectivity index (χ1v) is 9.38. The van der Waals surface area contributed by atoms with Crippen LogP contribution in [-0.2, 0) is 4.79 Å². The van der Waals surface area contributed by atoms with Gasteiger partial charge >= 0.3 is 0 Å². The molecule has 3 aromatic rings. The van der Waals surface area contributed by atoms with Gasteiger partial charge in [0.25, 0.3) is 0 Å². The maximum Gasteiger partial charge on any atom is 0.223 e. The van der Waals surface area contributed by atoms with Crippen molar-refractivity contribution in [2.75, 3.05) is 11.9 Å². The van der Waals surface area contributed by atoms with E-state index in [9.17, 15) is 9.59 Å². The smallest absolute Gasteiger partial charge is 0.223 e. The lowest BCUT2D eigenvalue weighted by molar-refractivity contribution is -0.130. The summed E-state index contributed by atoms with van der Waals surface area (Å²) in [5.74, 6) is 0.195. The van der Waals surface area contributed by atoms with Crippen molar-refractivity contribution in [3.05, 3.63) is 76.1 Å². The van der Waals surface area contributed by atoms with Crippen LogP contribution in [0.2, 0.25) is 0 Å². The molecule has 0 radical (unpaired) electrons. The van der Waals surface area contributed by atoms with Crippen molar-refractivity contribution in [3.63, 3.8) is 0 Å². The van der Waals surface area contributed by atoms with E-state index in [-0.39, 0.29) is 23.4 Å². The number of carbonyl (C=O) groups is 1. The van der Waals surface area contributed by atoms with Gasteiger partial charge in [-0.2, -0.15) is 0 Å². The minimum Gasteiger partial charge on any atom is -0.464 e. The predicted octanol–water partition coefficient (Wildman–Crippen LogP) is 4.01. The highest BCUT2D eigenvalue weighted by atomic mass is 16.3. The zero-order valence-electron chi connectivity index (χ0n) is 14.9. The molecule has 2 aliphatic heterocycles. The van der Waals surface area contributed by atoms with Gasteiger partial charge < -0.3 is 14.6 Å². The molecule has 1 N–H and O–H groups in total. The first-order valence-electron chi connectivity index (χ1n) is 9.38. The Bertz CT molecular complexity index is 1090. The van der Waals surface area contributed by atoms with Crippen LogP contribution in [0.25, 0.3) is 11.0 Å². The molecule has 0 spiro atoms. The first kappa shape index (κ1) is 16.1. The van der Waals surface area contributed by atoms with Crippen LogP contribution >= 0.6 is 0 Å². The van der Waals surface area contributed by atoms with Gasteiger partial charge in [0.2, 0.25) is 5.91 Å². The second-order valence-corrected chi connectivity index (χ2v) is 7.24. The van der Waals surface area contributed by atoms with Gasteiger partial charge in [-0.05, 0) is 36.6 Å². The van der Waals surface area contributed by atoms with Crippen molar-refractivity contribution in [2.45, 2.75) is 31.3 Å².